The molecule has 0 amide bonds. The van der Waals surface area contributed by atoms with Gasteiger partial charge in [-0.05, 0) is 28.8 Å². The molecule has 2 nitrogen and oxygen atoms in total. The van der Waals surface area contributed by atoms with E-state index in [4.69, 9.17) is 0 Å². The highest BCUT2D eigenvalue weighted by Gasteiger charge is 2.24. The van der Waals surface area contributed by atoms with Crippen LogP contribution >= 0.6 is 0 Å². The molecule has 0 unspecified atom stereocenters. The molecule has 0 radical (unpaired) electrons. The first-order valence-corrected chi connectivity index (χ1v) is 6.72. The topological polar surface area (TPSA) is 22.0 Å². The second kappa shape index (κ2) is 4.20. The van der Waals surface area contributed by atoms with Crippen LogP contribution in [0.5, 0.6) is 0 Å². The van der Waals surface area contributed by atoms with Crippen molar-refractivity contribution in [2.75, 3.05) is 0 Å². The first-order chi connectivity index (χ1) is 9.84. The van der Waals surface area contributed by atoms with E-state index in [0.29, 0.717) is 0 Å². The van der Waals surface area contributed by atoms with Gasteiger partial charge in [0.15, 0.2) is 0 Å². The van der Waals surface area contributed by atoms with Crippen LogP contribution < -0.4 is 0 Å². The Morgan fingerprint density at radius 3 is 2.45 bits per heavy atom. The predicted molar refractivity (Wildman–Crippen MR) is 78.8 cm³/mol. The number of benzene rings is 2. The summed E-state index contributed by atoms with van der Waals surface area (Å²) in [7, 11) is 0. The summed E-state index contributed by atoms with van der Waals surface area (Å²) < 4.78 is 2.02. The Hall–Kier alpha value is -2.61. The fourth-order valence-electron chi connectivity index (χ4n) is 2.92. The van der Waals surface area contributed by atoms with Crippen LogP contribution in [0.2, 0.25) is 0 Å². The van der Waals surface area contributed by atoms with Gasteiger partial charge in [-0.2, -0.15) is 0 Å². The number of carbonyl (C=O) groups is 1. The molecule has 2 heterocycles. The third-order valence-corrected chi connectivity index (χ3v) is 3.90. The maximum Gasteiger partial charge on any atom is 0.209 e. The first-order valence-electron chi connectivity index (χ1n) is 6.72. The van der Waals surface area contributed by atoms with Gasteiger partial charge < -0.3 is 4.57 Å². The average Bonchev–Trinajstić information content (AvgIpc) is 2.97. The molecule has 20 heavy (non-hydrogen) atoms. The van der Waals surface area contributed by atoms with Gasteiger partial charge in [-0.3, -0.25) is 4.79 Å². The minimum absolute atomic E-state index is 0.119. The van der Waals surface area contributed by atoms with Gasteiger partial charge >= 0.3 is 0 Å². The minimum atomic E-state index is 0.119. The minimum Gasteiger partial charge on any atom is -0.340 e. The molecule has 2 aromatic carbocycles. The highest BCUT2D eigenvalue weighted by molar-refractivity contribution is 6.10. The fourth-order valence-corrected chi connectivity index (χ4v) is 2.92. The lowest BCUT2D eigenvalue weighted by Crippen LogP contribution is -2.20. The highest BCUT2D eigenvalue weighted by atomic mass is 16.1. The zero-order valence-electron chi connectivity index (χ0n) is 10.9. The van der Waals surface area contributed by atoms with E-state index in [2.05, 4.69) is 18.2 Å². The molecule has 0 saturated heterocycles. The zero-order chi connectivity index (χ0) is 13.5. The van der Waals surface area contributed by atoms with Crippen LogP contribution in [0.15, 0.2) is 66.9 Å². The lowest BCUT2D eigenvalue weighted by Gasteiger charge is -2.21. The molecule has 1 aromatic heterocycles. The number of ketones is 1. The fraction of sp³-hybridized carbons (Fsp3) is 0.0556. The van der Waals surface area contributed by atoms with Crippen LogP contribution in [0.4, 0.5) is 0 Å². The van der Waals surface area contributed by atoms with Crippen molar-refractivity contribution < 1.29 is 4.79 Å². The number of nitrogens with zero attached hydrogens (tertiary/aromatic N) is 1. The summed E-state index contributed by atoms with van der Waals surface area (Å²) in [5.74, 6) is 0.119. The molecular weight excluding hydrogens is 246 g/mol. The smallest absolute Gasteiger partial charge is 0.209 e. The van der Waals surface area contributed by atoms with Gasteiger partial charge in [-0.15, -0.1) is 0 Å². The molecule has 3 aromatic rings. The number of fused-ring (bicyclic) bond motifs is 2. The van der Waals surface area contributed by atoms with E-state index in [1.807, 2.05) is 53.2 Å². The van der Waals surface area contributed by atoms with Crippen LogP contribution in [0.1, 0.15) is 21.6 Å². The number of hydrogen-bond donors (Lipinski definition) is 0. The summed E-state index contributed by atoms with van der Waals surface area (Å²) in [6.45, 7) is 0.758. The molecule has 2 heteroatoms. The Morgan fingerprint density at radius 2 is 1.60 bits per heavy atom. The molecule has 1 aliphatic heterocycles. The highest BCUT2D eigenvalue weighted by Crippen LogP contribution is 2.31. The van der Waals surface area contributed by atoms with E-state index >= 15 is 0 Å². The molecule has 0 spiro atoms. The Kier molecular flexibility index (Phi) is 2.36. The molecule has 0 atom stereocenters. The van der Waals surface area contributed by atoms with Crippen LogP contribution in [0.3, 0.4) is 0 Å². The number of hydrogen-bond acceptors (Lipinski definition) is 1. The van der Waals surface area contributed by atoms with Crippen LogP contribution in [0, 0.1) is 0 Å². The Bertz CT molecular complexity index is 799. The average molecular weight is 259 g/mol. The number of aromatic nitrogens is 1. The summed E-state index contributed by atoms with van der Waals surface area (Å²) >= 11 is 0. The normalized spacial score (nSPS) is 12.9. The largest absolute Gasteiger partial charge is 0.340 e. The standard InChI is InChI=1S/C18H13NO/c20-18-15-9-4-8-14(13-6-2-1-3-7-13)16(15)12-19-11-5-10-17(18)19/h1-11H,12H2. The maximum atomic E-state index is 12.5. The molecule has 0 aliphatic carbocycles. The molecule has 0 N–H and O–H groups in total. The van der Waals surface area contributed by atoms with E-state index in [9.17, 15) is 4.79 Å². The third kappa shape index (κ3) is 1.55. The zero-order valence-corrected chi connectivity index (χ0v) is 10.9. The maximum absolute atomic E-state index is 12.5. The van der Waals surface area contributed by atoms with E-state index in [1.165, 1.54) is 0 Å². The van der Waals surface area contributed by atoms with Crippen LogP contribution in [-0.2, 0) is 6.54 Å². The van der Waals surface area contributed by atoms with Crippen molar-refractivity contribution in [1.29, 1.82) is 0 Å². The van der Waals surface area contributed by atoms with Gasteiger partial charge in [0.25, 0.3) is 0 Å². The van der Waals surface area contributed by atoms with Gasteiger partial charge in [-0.1, -0.05) is 48.5 Å². The van der Waals surface area contributed by atoms with Gasteiger partial charge in [0.1, 0.15) is 0 Å². The lowest BCUT2D eigenvalue weighted by molar-refractivity contribution is 0.102. The van der Waals surface area contributed by atoms with Crippen molar-refractivity contribution >= 4 is 5.78 Å². The van der Waals surface area contributed by atoms with Crippen molar-refractivity contribution in [2.24, 2.45) is 0 Å². The quantitative estimate of drug-likeness (QED) is 0.510. The summed E-state index contributed by atoms with van der Waals surface area (Å²) in [6.07, 6.45) is 1.97. The molecular formula is C18H13NO. The second-order valence-corrected chi connectivity index (χ2v) is 5.05. The number of rotatable bonds is 1. The second-order valence-electron chi connectivity index (χ2n) is 5.05. The Balaban J connectivity index is 1.95. The Labute approximate surface area is 117 Å². The van der Waals surface area contributed by atoms with Crippen molar-refractivity contribution in [2.45, 2.75) is 6.54 Å². The lowest BCUT2D eigenvalue weighted by atomic mass is 9.90. The molecule has 96 valence electrons. The van der Waals surface area contributed by atoms with Gasteiger partial charge in [0, 0.05) is 18.3 Å². The SMILES string of the molecule is O=C1c2cccc(-c3ccccc3)c2Cn2cccc21. The van der Waals surface area contributed by atoms with E-state index in [1.54, 1.807) is 0 Å². The number of carbonyl (C=O) groups excluding carboxylic acids is 1. The predicted octanol–water partition coefficient (Wildman–Crippen LogP) is 3.75. The Morgan fingerprint density at radius 1 is 0.800 bits per heavy atom. The van der Waals surface area contributed by atoms with Gasteiger partial charge in [0.2, 0.25) is 5.78 Å². The van der Waals surface area contributed by atoms with Gasteiger partial charge in [0.05, 0.1) is 5.69 Å². The van der Waals surface area contributed by atoms with Gasteiger partial charge in [-0.25, -0.2) is 0 Å². The van der Waals surface area contributed by atoms with Crippen molar-refractivity contribution in [3.63, 3.8) is 0 Å². The monoisotopic (exact) mass is 259 g/mol. The molecule has 0 fully saturated rings. The van der Waals surface area contributed by atoms with E-state index in [-0.39, 0.29) is 5.78 Å². The van der Waals surface area contributed by atoms with Crippen LogP contribution in [-0.4, -0.2) is 10.4 Å². The summed E-state index contributed by atoms with van der Waals surface area (Å²) in [5.41, 5.74) is 5.04. The summed E-state index contributed by atoms with van der Waals surface area (Å²) in [5, 5.41) is 0. The summed E-state index contributed by atoms with van der Waals surface area (Å²) in [4.78, 5) is 12.5. The molecule has 4 rings (SSSR count). The molecule has 0 saturated carbocycles. The molecule has 1 aliphatic rings. The van der Waals surface area contributed by atoms with E-state index in [0.717, 1.165) is 34.5 Å². The van der Waals surface area contributed by atoms with E-state index < -0.39 is 0 Å². The third-order valence-electron chi connectivity index (χ3n) is 3.90. The summed E-state index contributed by atoms with van der Waals surface area (Å²) in [6, 6.07) is 20.1. The first kappa shape index (κ1) is 11.2. The van der Waals surface area contributed by atoms with Crippen molar-refractivity contribution in [1.82, 2.24) is 4.57 Å². The van der Waals surface area contributed by atoms with Crippen molar-refractivity contribution in [3.8, 4) is 11.1 Å². The van der Waals surface area contributed by atoms with Crippen molar-refractivity contribution in [3.05, 3.63) is 83.7 Å². The van der Waals surface area contributed by atoms with Crippen LogP contribution in [0.25, 0.3) is 11.1 Å². The molecule has 0 bridgehead atoms.